The minimum absolute atomic E-state index is 0.382. The second-order valence-corrected chi connectivity index (χ2v) is 5.18. The van der Waals surface area contributed by atoms with Crippen LogP contribution in [0, 0.1) is 5.41 Å². The molecule has 120 valence electrons. The Labute approximate surface area is 138 Å². The van der Waals surface area contributed by atoms with Gasteiger partial charge in [-0.2, -0.15) is 0 Å². The van der Waals surface area contributed by atoms with Gasteiger partial charge in [0.2, 0.25) is 0 Å². The minimum atomic E-state index is 0.382. The highest BCUT2D eigenvalue weighted by Gasteiger charge is 2.12. The molecule has 1 aromatic heterocycles. The molecule has 0 bridgehead atoms. The maximum absolute atomic E-state index is 8.27. The highest BCUT2D eigenvalue weighted by atomic mass is 14.9. The molecule has 4 nitrogen and oxygen atoms in total. The van der Waals surface area contributed by atoms with E-state index in [0.29, 0.717) is 17.8 Å². The molecule has 0 radical (unpaired) electrons. The number of hydrogen-bond donors (Lipinski definition) is 2. The Balaban J connectivity index is 3.34. The second kappa shape index (κ2) is 8.63. The van der Waals surface area contributed by atoms with Gasteiger partial charge in [-0.25, -0.2) is 0 Å². The summed E-state index contributed by atoms with van der Waals surface area (Å²) >= 11 is 0. The Morgan fingerprint density at radius 1 is 1.39 bits per heavy atom. The summed E-state index contributed by atoms with van der Waals surface area (Å²) in [6, 6.07) is 1.88. The van der Waals surface area contributed by atoms with Crippen molar-refractivity contribution in [3.63, 3.8) is 0 Å². The molecule has 1 heterocycles. The zero-order valence-corrected chi connectivity index (χ0v) is 14.1. The van der Waals surface area contributed by atoms with Crippen LogP contribution in [0.15, 0.2) is 60.4 Å². The molecule has 0 aliphatic carbocycles. The zero-order valence-electron chi connectivity index (χ0n) is 14.1. The molecule has 4 heteroatoms. The van der Waals surface area contributed by atoms with Crippen LogP contribution in [0.1, 0.15) is 32.0 Å². The van der Waals surface area contributed by atoms with Crippen molar-refractivity contribution in [3.8, 4) is 0 Å². The number of nitrogens with one attached hydrogen (secondary N) is 2. The van der Waals surface area contributed by atoms with Crippen LogP contribution in [0.4, 0.5) is 5.69 Å². The number of pyridine rings is 1. The van der Waals surface area contributed by atoms with Crippen LogP contribution in [0.3, 0.4) is 0 Å². The predicted molar refractivity (Wildman–Crippen MR) is 102 cm³/mol. The Hall–Kier alpha value is -2.75. The molecule has 0 saturated carbocycles. The molecule has 1 aromatic rings. The standard InChI is InChI=1S/C19H24N4/c1-7-9-21-18-12-23-17(10-16(18)19(20)13(3)4)15(8-2)11-22-14(5)6/h7-8,10-12,20-21H,1,3,5,9H2,2,4,6H3/b15-8+,20-19?,22-11-. The molecule has 0 spiro atoms. The molecule has 1 rings (SSSR count). The summed E-state index contributed by atoms with van der Waals surface area (Å²) in [4.78, 5) is 8.70. The van der Waals surface area contributed by atoms with E-state index >= 15 is 0 Å². The van der Waals surface area contributed by atoms with E-state index in [1.807, 2.05) is 32.9 Å². The van der Waals surface area contributed by atoms with Crippen molar-refractivity contribution < 1.29 is 0 Å². The third-order valence-electron chi connectivity index (χ3n) is 3.07. The van der Waals surface area contributed by atoms with Crippen molar-refractivity contribution >= 4 is 23.2 Å². The summed E-state index contributed by atoms with van der Waals surface area (Å²) in [5.41, 5.74) is 4.97. The number of hydrogen-bond acceptors (Lipinski definition) is 4. The number of aromatic nitrogens is 1. The maximum atomic E-state index is 8.27. The Bertz CT molecular complexity index is 693. The minimum Gasteiger partial charge on any atom is -0.380 e. The van der Waals surface area contributed by atoms with E-state index < -0.39 is 0 Å². The van der Waals surface area contributed by atoms with Crippen LogP contribution in [0.2, 0.25) is 0 Å². The van der Waals surface area contributed by atoms with Crippen molar-refractivity contribution in [1.82, 2.24) is 4.98 Å². The molecule has 0 saturated heterocycles. The smallest absolute Gasteiger partial charge is 0.0722 e. The molecular weight excluding hydrogens is 284 g/mol. The fourth-order valence-electron chi connectivity index (χ4n) is 1.84. The summed E-state index contributed by atoms with van der Waals surface area (Å²) in [6.45, 7) is 17.5. The van der Waals surface area contributed by atoms with Gasteiger partial charge in [0.1, 0.15) is 0 Å². The quantitative estimate of drug-likeness (QED) is 0.543. The first-order valence-corrected chi connectivity index (χ1v) is 7.36. The Morgan fingerprint density at radius 3 is 2.61 bits per heavy atom. The van der Waals surface area contributed by atoms with E-state index in [1.54, 1.807) is 18.5 Å². The third-order valence-corrected chi connectivity index (χ3v) is 3.07. The molecule has 0 aromatic carbocycles. The van der Waals surface area contributed by atoms with Crippen LogP contribution in [0.5, 0.6) is 0 Å². The van der Waals surface area contributed by atoms with E-state index in [2.05, 4.69) is 35.0 Å². The van der Waals surface area contributed by atoms with Crippen LogP contribution >= 0.6 is 0 Å². The number of aliphatic imine (C=N–C) groups is 1. The summed E-state index contributed by atoms with van der Waals surface area (Å²) in [6.07, 6.45) is 7.15. The van der Waals surface area contributed by atoms with Gasteiger partial charge < -0.3 is 5.32 Å². The van der Waals surface area contributed by atoms with Crippen LogP contribution < -0.4 is 5.32 Å². The average Bonchev–Trinajstić information content (AvgIpc) is 2.52. The number of allylic oxidation sites excluding steroid dienone is 4. The molecule has 0 aliphatic heterocycles. The fourth-order valence-corrected chi connectivity index (χ4v) is 1.84. The number of anilines is 1. The van der Waals surface area contributed by atoms with Gasteiger partial charge in [-0.15, -0.1) is 6.58 Å². The van der Waals surface area contributed by atoms with Gasteiger partial charge in [0.25, 0.3) is 0 Å². The normalized spacial score (nSPS) is 11.3. The zero-order chi connectivity index (χ0) is 17.4. The van der Waals surface area contributed by atoms with Gasteiger partial charge in [0, 0.05) is 29.6 Å². The second-order valence-electron chi connectivity index (χ2n) is 5.18. The summed E-state index contributed by atoms with van der Waals surface area (Å²) < 4.78 is 0. The van der Waals surface area contributed by atoms with Crippen molar-refractivity contribution in [1.29, 1.82) is 5.41 Å². The SMILES string of the molecule is C=CCNc1cnc(C(/C=N\C(=C)C)=C/C)cc1C(=N)C(=C)C. The van der Waals surface area contributed by atoms with Crippen molar-refractivity contribution in [2.24, 2.45) is 4.99 Å². The van der Waals surface area contributed by atoms with E-state index in [0.717, 1.165) is 28.2 Å². The maximum Gasteiger partial charge on any atom is 0.0722 e. The molecular formula is C19H24N4. The van der Waals surface area contributed by atoms with Gasteiger partial charge in [-0.3, -0.25) is 15.4 Å². The van der Waals surface area contributed by atoms with Gasteiger partial charge in [-0.1, -0.05) is 25.3 Å². The molecule has 0 atom stereocenters. The van der Waals surface area contributed by atoms with Gasteiger partial charge in [0.15, 0.2) is 0 Å². The average molecular weight is 308 g/mol. The molecule has 23 heavy (non-hydrogen) atoms. The van der Waals surface area contributed by atoms with E-state index in [4.69, 9.17) is 5.41 Å². The van der Waals surface area contributed by atoms with Crippen LogP contribution in [0.25, 0.3) is 5.57 Å². The first-order chi connectivity index (χ1) is 10.9. The largest absolute Gasteiger partial charge is 0.380 e. The monoisotopic (exact) mass is 308 g/mol. The summed E-state index contributed by atoms with van der Waals surface area (Å²) in [5.74, 6) is 0. The Kier molecular flexibility index (Phi) is 6.87. The number of nitrogens with zero attached hydrogens (tertiary/aromatic N) is 2. The molecule has 0 aliphatic rings. The first-order valence-electron chi connectivity index (χ1n) is 7.36. The number of rotatable bonds is 8. The van der Waals surface area contributed by atoms with E-state index in [-0.39, 0.29) is 0 Å². The van der Waals surface area contributed by atoms with Gasteiger partial charge in [0.05, 0.1) is 23.3 Å². The highest BCUT2D eigenvalue weighted by Crippen LogP contribution is 2.22. The molecule has 0 fully saturated rings. The summed E-state index contributed by atoms with van der Waals surface area (Å²) in [7, 11) is 0. The third kappa shape index (κ3) is 5.18. The fraction of sp³-hybridized carbons (Fsp3) is 0.211. The first kappa shape index (κ1) is 18.3. The van der Waals surface area contributed by atoms with Crippen molar-refractivity contribution in [3.05, 3.63) is 66.7 Å². The lowest BCUT2D eigenvalue weighted by Gasteiger charge is -2.13. The van der Waals surface area contributed by atoms with Crippen LogP contribution in [-0.2, 0) is 0 Å². The van der Waals surface area contributed by atoms with Gasteiger partial charge in [-0.05, 0) is 32.4 Å². The Morgan fingerprint density at radius 2 is 2.09 bits per heavy atom. The topological polar surface area (TPSA) is 61.1 Å². The lowest BCUT2D eigenvalue weighted by atomic mass is 10.0. The van der Waals surface area contributed by atoms with Crippen LogP contribution in [-0.4, -0.2) is 23.5 Å². The van der Waals surface area contributed by atoms with E-state index in [9.17, 15) is 0 Å². The predicted octanol–water partition coefficient (Wildman–Crippen LogP) is 4.63. The molecule has 0 unspecified atom stereocenters. The lowest BCUT2D eigenvalue weighted by molar-refractivity contribution is 1.23. The summed E-state index contributed by atoms with van der Waals surface area (Å²) in [5, 5.41) is 11.5. The van der Waals surface area contributed by atoms with E-state index in [1.165, 1.54) is 0 Å². The van der Waals surface area contributed by atoms with Gasteiger partial charge >= 0.3 is 0 Å². The van der Waals surface area contributed by atoms with Crippen molar-refractivity contribution in [2.45, 2.75) is 20.8 Å². The van der Waals surface area contributed by atoms with Crippen molar-refractivity contribution in [2.75, 3.05) is 11.9 Å². The molecule has 0 amide bonds. The highest BCUT2D eigenvalue weighted by molar-refractivity contribution is 6.15. The lowest BCUT2D eigenvalue weighted by Crippen LogP contribution is -2.09. The molecule has 2 N–H and O–H groups in total.